The quantitative estimate of drug-likeness (QED) is 0.627. The van der Waals surface area contributed by atoms with Crippen molar-refractivity contribution in [3.8, 4) is 5.75 Å². The first-order valence-corrected chi connectivity index (χ1v) is 9.36. The Morgan fingerprint density at radius 1 is 1.17 bits per heavy atom. The number of nitrogens with one attached hydrogen (secondary N) is 2. The fourth-order valence-electron chi connectivity index (χ4n) is 3.70. The maximum atomic E-state index is 13.3. The number of ether oxygens (including phenoxy) is 1. The molecule has 0 spiro atoms. The average molecular weight is 402 g/mol. The molecule has 0 saturated heterocycles. The van der Waals surface area contributed by atoms with Gasteiger partial charge in [0.2, 0.25) is 0 Å². The fourth-order valence-corrected chi connectivity index (χ4v) is 3.70. The molecular formula is C21H21F3N4O. The Kier molecular flexibility index (Phi) is 4.72. The molecule has 2 N–H and O–H groups in total. The Balaban J connectivity index is 1.74. The number of aromatic nitrogens is 2. The van der Waals surface area contributed by atoms with Crippen LogP contribution in [0.1, 0.15) is 35.5 Å². The Morgan fingerprint density at radius 2 is 1.97 bits per heavy atom. The van der Waals surface area contributed by atoms with E-state index in [1.165, 1.54) is 13.0 Å². The molecule has 4 rings (SSSR count). The maximum Gasteiger partial charge on any atom is 0.416 e. The van der Waals surface area contributed by atoms with Crippen molar-refractivity contribution >= 4 is 22.4 Å². The first-order valence-electron chi connectivity index (χ1n) is 9.36. The van der Waals surface area contributed by atoms with Gasteiger partial charge in [-0.1, -0.05) is 12.1 Å². The van der Waals surface area contributed by atoms with Crippen LogP contribution < -0.4 is 15.4 Å². The molecule has 3 aromatic rings. The van der Waals surface area contributed by atoms with E-state index in [9.17, 15) is 13.2 Å². The first kappa shape index (κ1) is 19.3. The van der Waals surface area contributed by atoms with Gasteiger partial charge in [-0.15, -0.1) is 0 Å². The molecule has 2 heterocycles. The normalized spacial score (nSPS) is 14.7. The number of fused-ring (bicyclic) bond motifs is 2. The van der Waals surface area contributed by atoms with E-state index in [4.69, 9.17) is 4.74 Å². The third-order valence-electron chi connectivity index (χ3n) is 5.08. The van der Waals surface area contributed by atoms with Crippen LogP contribution in [0.4, 0.5) is 24.7 Å². The van der Waals surface area contributed by atoms with Crippen LogP contribution in [-0.4, -0.2) is 23.1 Å². The summed E-state index contributed by atoms with van der Waals surface area (Å²) in [7, 11) is 0. The highest BCUT2D eigenvalue weighted by molar-refractivity contribution is 5.94. The molecule has 0 saturated carbocycles. The van der Waals surface area contributed by atoms with Crippen molar-refractivity contribution in [1.82, 2.24) is 9.97 Å². The lowest BCUT2D eigenvalue weighted by molar-refractivity contribution is -0.138. The summed E-state index contributed by atoms with van der Waals surface area (Å²) in [5, 5.41) is 7.34. The number of benzene rings is 2. The second kappa shape index (κ2) is 7.09. The van der Waals surface area contributed by atoms with Gasteiger partial charge < -0.3 is 15.4 Å². The van der Waals surface area contributed by atoms with E-state index in [0.717, 1.165) is 28.4 Å². The molecule has 8 heteroatoms. The number of anilines is 2. The molecule has 29 heavy (non-hydrogen) atoms. The van der Waals surface area contributed by atoms with Crippen LogP contribution in [0.2, 0.25) is 0 Å². The molecule has 2 aromatic carbocycles. The van der Waals surface area contributed by atoms with Crippen LogP contribution in [0, 0.1) is 13.8 Å². The third-order valence-corrected chi connectivity index (χ3v) is 5.08. The fraction of sp³-hybridized carbons (Fsp3) is 0.333. The van der Waals surface area contributed by atoms with Gasteiger partial charge in [0.15, 0.2) is 0 Å². The van der Waals surface area contributed by atoms with E-state index in [2.05, 4.69) is 20.6 Å². The summed E-state index contributed by atoms with van der Waals surface area (Å²) in [5.41, 5.74) is 1.73. The summed E-state index contributed by atoms with van der Waals surface area (Å²) in [6, 6.07) is 7.64. The Bertz CT molecular complexity index is 1080. The van der Waals surface area contributed by atoms with Gasteiger partial charge >= 0.3 is 6.18 Å². The third kappa shape index (κ3) is 3.66. The van der Waals surface area contributed by atoms with Crippen LogP contribution in [0.15, 0.2) is 30.3 Å². The number of nitrogens with zero attached hydrogens (tertiary/aromatic N) is 2. The SMILES string of the molecule is Cc1nc(N[C@H](C)c2cccc(C(F)(F)F)c2C)c2cc3c(cc2n1)OCCN3. The first-order chi connectivity index (χ1) is 13.7. The summed E-state index contributed by atoms with van der Waals surface area (Å²) >= 11 is 0. The Morgan fingerprint density at radius 3 is 2.72 bits per heavy atom. The van der Waals surface area contributed by atoms with Gasteiger partial charge in [0, 0.05) is 18.0 Å². The highest BCUT2D eigenvalue weighted by Crippen LogP contribution is 2.37. The van der Waals surface area contributed by atoms with Gasteiger partial charge in [-0.3, -0.25) is 0 Å². The van der Waals surface area contributed by atoms with Crippen LogP contribution >= 0.6 is 0 Å². The zero-order valence-electron chi connectivity index (χ0n) is 16.3. The maximum absolute atomic E-state index is 13.3. The van der Waals surface area contributed by atoms with Crippen LogP contribution in [0.5, 0.6) is 5.75 Å². The minimum atomic E-state index is -4.39. The van der Waals surface area contributed by atoms with Crippen molar-refractivity contribution in [2.75, 3.05) is 23.8 Å². The summed E-state index contributed by atoms with van der Waals surface area (Å²) in [5.74, 6) is 1.87. The van der Waals surface area contributed by atoms with Crippen LogP contribution in [0.25, 0.3) is 10.9 Å². The molecular weight excluding hydrogens is 381 g/mol. The number of halogens is 3. The molecule has 1 aromatic heterocycles. The van der Waals surface area contributed by atoms with Gasteiger partial charge in [-0.25, -0.2) is 9.97 Å². The topological polar surface area (TPSA) is 59.1 Å². The minimum Gasteiger partial charge on any atom is -0.490 e. The zero-order valence-corrected chi connectivity index (χ0v) is 16.3. The molecule has 1 aliphatic rings. The summed E-state index contributed by atoms with van der Waals surface area (Å²) < 4.78 is 45.5. The van der Waals surface area contributed by atoms with Gasteiger partial charge in [-0.2, -0.15) is 13.2 Å². The highest BCUT2D eigenvalue weighted by atomic mass is 19.4. The predicted molar refractivity (Wildman–Crippen MR) is 106 cm³/mol. The van der Waals surface area contributed by atoms with Gasteiger partial charge in [0.1, 0.15) is 24.0 Å². The van der Waals surface area contributed by atoms with E-state index in [0.29, 0.717) is 30.4 Å². The Labute approximate surface area is 166 Å². The molecule has 0 fully saturated rings. The molecule has 1 atom stereocenters. The second-order valence-corrected chi connectivity index (χ2v) is 7.14. The molecule has 5 nitrogen and oxygen atoms in total. The molecule has 0 unspecified atom stereocenters. The van der Waals surface area contributed by atoms with Gasteiger partial charge in [-0.05, 0) is 44.0 Å². The molecule has 0 bridgehead atoms. The number of alkyl halides is 3. The zero-order chi connectivity index (χ0) is 20.8. The van der Waals surface area contributed by atoms with E-state index in [1.807, 2.05) is 19.1 Å². The highest BCUT2D eigenvalue weighted by Gasteiger charge is 2.33. The standard InChI is InChI=1S/C21H21F3N4O/c1-11-14(5-4-6-16(11)21(22,23)24)12(2)26-20-15-9-18-19(29-8-7-25-18)10-17(15)27-13(3)28-20/h4-6,9-10,12,25H,7-8H2,1-3H3,(H,26,27,28)/t12-/m1/s1. The van der Waals surface area contributed by atoms with Crippen LogP contribution in [0.3, 0.4) is 0 Å². The molecule has 0 radical (unpaired) electrons. The van der Waals surface area contributed by atoms with Crippen molar-refractivity contribution in [3.63, 3.8) is 0 Å². The van der Waals surface area contributed by atoms with E-state index >= 15 is 0 Å². The number of aryl methyl sites for hydroxylation is 1. The van der Waals surface area contributed by atoms with E-state index in [-0.39, 0.29) is 11.6 Å². The molecule has 1 aliphatic heterocycles. The lowest BCUT2D eigenvalue weighted by atomic mass is 9.97. The van der Waals surface area contributed by atoms with Crippen molar-refractivity contribution in [2.24, 2.45) is 0 Å². The van der Waals surface area contributed by atoms with Crippen LogP contribution in [-0.2, 0) is 6.18 Å². The van der Waals surface area contributed by atoms with Crippen molar-refractivity contribution in [2.45, 2.75) is 33.0 Å². The van der Waals surface area contributed by atoms with E-state index < -0.39 is 11.7 Å². The molecule has 0 aliphatic carbocycles. The molecule has 152 valence electrons. The smallest absolute Gasteiger partial charge is 0.416 e. The number of rotatable bonds is 3. The molecule has 0 amide bonds. The lowest BCUT2D eigenvalue weighted by Crippen LogP contribution is -2.18. The van der Waals surface area contributed by atoms with Gasteiger partial charge in [0.05, 0.1) is 22.8 Å². The second-order valence-electron chi connectivity index (χ2n) is 7.14. The average Bonchev–Trinajstić information content (AvgIpc) is 2.65. The summed E-state index contributed by atoms with van der Waals surface area (Å²) in [4.78, 5) is 8.98. The number of hydrogen-bond donors (Lipinski definition) is 2. The van der Waals surface area contributed by atoms with E-state index in [1.54, 1.807) is 13.0 Å². The summed E-state index contributed by atoms with van der Waals surface area (Å²) in [6.45, 7) is 6.39. The minimum absolute atomic E-state index is 0.211. The predicted octanol–water partition coefficient (Wildman–Crippen LogP) is 5.24. The van der Waals surface area contributed by atoms with Crippen molar-refractivity contribution in [1.29, 1.82) is 0 Å². The van der Waals surface area contributed by atoms with Gasteiger partial charge in [0.25, 0.3) is 0 Å². The summed E-state index contributed by atoms with van der Waals surface area (Å²) in [6.07, 6.45) is -4.39. The largest absolute Gasteiger partial charge is 0.490 e. The number of hydrogen-bond acceptors (Lipinski definition) is 5. The van der Waals surface area contributed by atoms with Crippen molar-refractivity contribution < 1.29 is 17.9 Å². The monoisotopic (exact) mass is 402 g/mol. The Hall–Kier alpha value is -3.03. The lowest BCUT2D eigenvalue weighted by Gasteiger charge is -2.23. The van der Waals surface area contributed by atoms with Crippen molar-refractivity contribution in [3.05, 3.63) is 52.8 Å².